The van der Waals surface area contributed by atoms with E-state index in [4.69, 9.17) is 14.2 Å². The van der Waals surface area contributed by atoms with Crippen LogP contribution in [-0.4, -0.2) is 36.1 Å². The number of hydrogen-bond donors (Lipinski definition) is 0. The normalized spacial score (nSPS) is 45.7. The lowest BCUT2D eigenvalue weighted by molar-refractivity contribution is 0.300. The number of unbranched alkanes of at least 4 members (excludes halogenated alkanes) is 1. The second-order valence-corrected chi connectivity index (χ2v) is 6.25. The molecule has 5 atom stereocenters. The van der Waals surface area contributed by atoms with E-state index < -0.39 is 0 Å². The number of rotatable bonds is 7. The minimum atomic E-state index is 0.107. The van der Waals surface area contributed by atoms with E-state index in [2.05, 4.69) is 20.8 Å². The summed E-state index contributed by atoms with van der Waals surface area (Å²) in [4.78, 5) is 0. The zero-order valence-electron chi connectivity index (χ0n) is 11.1. The van der Waals surface area contributed by atoms with E-state index in [0.29, 0.717) is 30.5 Å². The lowest BCUT2D eigenvalue weighted by Crippen LogP contribution is -2.08. The average molecular weight is 240 g/mol. The Morgan fingerprint density at radius 2 is 1.53 bits per heavy atom. The number of hydrogen-bond acceptors (Lipinski definition) is 3. The number of epoxide rings is 3. The summed E-state index contributed by atoms with van der Waals surface area (Å²) >= 11 is 0. The van der Waals surface area contributed by atoms with Gasteiger partial charge in [0.25, 0.3) is 0 Å². The minimum absolute atomic E-state index is 0.107. The van der Waals surface area contributed by atoms with Crippen LogP contribution >= 0.6 is 0 Å². The lowest BCUT2D eigenvalue weighted by Gasteiger charge is -1.94. The molecular formula is C14H24O3. The largest absolute Gasteiger partial charge is 0.369 e. The molecule has 17 heavy (non-hydrogen) atoms. The topological polar surface area (TPSA) is 37.6 Å². The molecule has 3 fully saturated rings. The minimum Gasteiger partial charge on any atom is -0.369 e. The highest BCUT2D eigenvalue weighted by Crippen LogP contribution is 2.45. The van der Waals surface area contributed by atoms with Crippen molar-refractivity contribution < 1.29 is 14.2 Å². The van der Waals surface area contributed by atoms with E-state index in [9.17, 15) is 0 Å². The molecule has 3 nitrogen and oxygen atoms in total. The predicted octanol–water partition coefficient (Wildman–Crippen LogP) is 2.67. The van der Waals surface area contributed by atoms with Gasteiger partial charge in [0.2, 0.25) is 0 Å². The van der Waals surface area contributed by atoms with Crippen LogP contribution in [0.25, 0.3) is 0 Å². The Balaban J connectivity index is 1.29. The van der Waals surface area contributed by atoms with E-state index in [1.807, 2.05) is 0 Å². The second kappa shape index (κ2) is 4.22. The first-order valence-corrected chi connectivity index (χ1v) is 7.09. The highest BCUT2D eigenvalue weighted by molar-refractivity contribution is 5.02. The van der Waals surface area contributed by atoms with Crippen LogP contribution in [0.2, 0.25) is 0 Å². The van der Waals surface area contributed by atoms with Crippen molar-refractivity contribution in [2.75, 3.05) is 0 Å². The van der Waals surface area contributed by atoms with Crippen molar-refractivity contribution >= 4 is 0 Å². The van der Waals surface area contributed by atoms with Crippen LogP contribution in [0.3, 0.4) is 0 Å². The van der Waals surface area contributed by atoms with E-state index in [1.165, 1.54) is 19.3 Å². The molecule has 0 aromatic rings. The predicted molar refractivity (Wildman–Crippen MR) is 65.0 cm³/mol. The molecule has 3 heteroatoms. The van der Waals surface area contributed by atoms with Crippen LogP contribution in [0.5, 0.6) is 0 Å². The second-order valence-electron chi connectivity index (χ2n) is 6.25. The van der Waals surface area contributed by atoms with Gasteiger partial charge in [-0.05, 0) is 20.3 Å². The molecule has 0 N–H and O–H groups in total. The van der Waals surface area contributed by atoms with Crippen molar-refractivity contribution in [3.8, 4) is 0 Å². The van der Waals surface area contributed by atoms with Crippen molar-refractivity contribution in [1.82, 2.24) is 0 Å². The first kappa shape index (κ1) is 11.9. The van der Waals surface area contributed by atoms with Gasteiger partial charge in [-0.15, -0.1) is 0 Å². The van der Waals surface area contributed by atoms with Crippen LogP contribution in [0.4, 0.5) is 0 Å². The van der Waals surface area contributed by atoms with E-state index in [0.717, 1.165) is 12.8 Å². The third-order valence-electron chi connectivity index (χ3n) is 4.29. The van der Waals surface area contributed by atoms with E-state index in [-0.39, 0.29) is 5.60 Å². The average Bonchev–Trinajstić information content (AvgIpc) is 3.17. The van der Waals surface area contributed by atoms with Gasteiger partial charge in [-0.1, -0.05) is 19.8 Å². The van der Waals surface area contributed by atoms with Gasteiger partial charge in [-0.3, -0.25) is 0 Å². The highest BCUT2D eigenvalue weighted by Gasteiger charge is 2.54. The molecule has 0 radical (unpaired) electrons. The molecule has 0 aliphatic carbocycles. The van der Waals surface area contributed by atoms with Crippen molar-refractivity contribution in [2.24, 2.45) is 0 Å². The summed E-state index contributed by atoms with van der Waals surface area (Å²) in [5.74, 6) is 0. The van der Waals surface area contributed by atoms with E-state index >= 15 is 0 Å². The molecule has 0 amide bonds. The fourth-order valence-corrected chi connectivity index (χ4v) is 2.74. The fourth-order valence-electron chi connectivity index (χ4n) is 2.74. The molecule has 3 aliphatic heterocycles. The molecule has 0 unspecified atom stereocenters. The van der Waals surface area contributed by atoms with Gasteiger partial charge in [0.15, 0.2) is 0 Å². The Bertz CT molecular complexity index is 289. The quantitative estimate of drug-likeness (QED) is 0.642. The van der Waals surface area contributed by atoms with Gasteiger partial charge < -0.3 is 14.2 Å². The summed E-state index contributed by atoms with van der Waals surface area (Å²) in [7, 11) is 0. The fraction of sp³-hybridized carbons (Fsp3) is 1.00. The zero-order chi connectivity index (χ0) is 12.0. The van der Waals surface area contributed by atoms with Crippen molar-refractivity contribution in [3.05, 3.63) is 0 Å². The SMILES string of the molecule is CCCC[C@H]1O[C@@H]1C[C@H]1O[C@@H]1C[C@H]1OC1(C)C. The Kier molecular flexibility index (Phi) is 2.96. The summed E-state index contributed by atoms with van der Waals surface area (Å²) in [6.45, 7) is 6.54. The van der Waals surface area contributed by atoms with Crippen LogP contribution in [0.15, 0.2) is 0 Å². The lowest BCUT2D eigenvalue weighted by atomic mass is 10.0. The molecule has 0 spiro atoms. The molecule has 3 rings (SSSR count). The maximum Gasteiger partial charge on any atom is 0.0893 e. The Hall–Kier alpha value is -0.120. The summed E-state index contributed by atoms with van der Waals surface area (Å²) in [6, 6.07) is 0. The molecular weight excluding hydrogens is 216 g/mol. The Labute approximate surface area is 104 Å². The molecule has 0 aromatic heterocycles. The van der Waals surface area contributed by atoms with Crippen molar-refractivity contribution in [1.29, 1.82) is 0 Å². The Morgan fingerprint density at radius 3 is 2.18 bits per heavy atom. The first-order valence-electron chi connectivity index (χ1n) is 7.09. The standard InChI is InChI=1S/C14H24O3/c1-4-5-6-9-10(15-9)7-11-12(16-11)8-13-14(2,3)17-13/h9-13H,4-8H2,1-3H3/t9-,10-,11-,12-,13-/m1/s1. The summed E-state index contributed by atoms with van der Waals surface area (Å²) in [5, 5.41) is 0. The first-order chi connectivity index (χ1) is 8.10. The molecule has 98 valence electrons. The van der Waals surface area contributed by atoms with Crippen LogP contribution in [0, 0.1) is 0 Å². The van der Waals surface area contributed by atoms with Gasteiger partial charge >= 0.3 is 0 Å². The molecule has 3 saturated heterocycles. The van der Waals surface area contributed by atoms with Gasteiger partial charge in [0.05, 0.1) is 36.1 Å². The van der Waals surface area contributed by atoms with E-state index in [1.54, 1.807) is 0 Å². The third-order valence-corrected chi connectivity index (χ3v) is 4.29. The maximum absolute atomic E-state index is 5.70. The van der Waals surface area contributed by atoms with Gasteiger partial charge in [0.1, 0.15) is 0 Å². The van der Waals surface area contributed by atoms with Crippen molar-refractivity contribution in [3.63, 3.8) is 0 Å². The molecule has 0 aromatic carbocycles. The maximum atomic E-state index is 5.70. The third kappa shape index (κ3) is 2.83. The summed E-state index contributed by atoms with van der Waals surface area (Å²) < 4.78 is 17.0. The monoisotopic (exact) mass is 240 g/mol. The summed E-state index contributed by atoms with van der Waals surface area (Å²) in [6.07, 6.45) is 8.31. The summed E-state index contributed by atoms with van der Waals surface area (Å²) in [5.41, 5.74) is 0.107. The van der Waals surface area contributed by atoms with Crippen LogP contribution in [-0.2, 0) is 14.2 Å². The molecule has 3 heterocycles. The highest BCUT2D eigenvalue weighted by atomic mass is 16.6. The van der Waals surface area contributed by atoms with Crippen LogP contribution < -0.4 is 0 Å². The smallest absolute Gasteiger partial charge is 0.0893 e. The molecule has 0 bridgehead atoms. The van der Waals surface area contributed by atoms with Crippen molar-refractivity contribution in [2.45, 2.75) is 89.0 Å². The zero-order valence-corrected chi connectivity index (χ0v) is 11.1. The van der Waals surface area contributed by atoms with Gasteiger partial charge in [0, 0.05) is 12.8 Å². The Morgan fingerprint density at radius 1 is 0.941 bits per heavy atom. The van der Waals surface area contributed by atoms with Crippen LogP contribution in [0.1, 0.15) is 52.9 Å². The van der Waals surface area contributed by atoms with Gasteiger partial charge in [-0.2, -0.15) is 0 Å². The number of ether oxygens (including phenoxy) is 3. The van der Waals surface area contributed by atoms with Gasteiger partial charge in [-0.25, -0.2) is 0 Å². The molecule has 3 aliphatic rings. The molecule has 0 saturated carbocycles.